The van der Waals surface area contributed by atoms with Crippen LogP contribution in [0.4, 0.5) is 5.69 Å². The molecule has 2 aromatic carbocycles. The molecule has 4 rings (SSSR count). The smallest absolute Gasteiger partial charge is 0.240 e. The average molecular weight is 383 g/mol. The van der Waals surface area contributed by atoms with Crippen molar-refractivity contribution in [3.8, 4) is 0 Å². The van der Waals surface area contributed by atoms with E-state index in [0.717, 1.165) is 35.0 Å². The second-order valence-corrected chi connectivity index (χ2v) is 8.45. The summed E-state index contributed by atoms with van der Waals surface area (Å²) in [6, 6.07) is 14.3. The largest absolute Gasteiger partial charge is 0.361 e. The average Bonchev–Trinajstić information content (AvgIpc) is 3.10. The molecule has 0 atom stereocenters. The number of hydrogen-bond acceptors (Lipinski definition) is 3. The van der Waals surface area contributed by atoms with E-state index < -0.39 is 10.0 Å². The second kappa shape index (κ2) is 7.17. The minimum absolute atomic E-state index is 0.0920. The second-order valence-electron chi connectivity index (χ2n) is 6.68. The van der Waals surface area contributed by atoms with Crippen molar-refractivity contribution in [1.29, 1.82) is 0 Å². The lowest BCUT2D eigenvalue weighted by Gasteiger charge is -2.26. The summed E-state index contributed by atoms with van der Waals surface area (Å²) in [6.45, 7) is 0.891. The monoisotopic (exact) mass is 383 g/mol. The highest BCUT2D eigenvalue weighted by Crippen LogP contribution is 2.23. The molecule has 140 valence electrons. The lowest BCUT2D eigenvalue weighted by molar-refractivity contribution is -0.119. The van der Waals surface area contributed by atoms with Crippen LogP contribution in [-0.2, 0) is 21.4 Å². The molecule has 6 nitrogen and oxygen atoms in total. The molecule has 0 spiro atoms. The first-order valence-electron chi connectivity index (χ1n) is 9.00. The molecule has 0 radical (unpaired) electrons. The van der Waals surface area contributed by atoms with Crippen molar-refractivity contribution < 1.29 is 13.2 Å². The predicted octanol–water partition coefficient (Wildman–Crippen LogP) is 3.16. The van der Waals surface area contributed by atoms with E-state index in [-0.39, 0.29) is 17.3 Å². The summed E-state index contributed by atoms with van der Waals surface area (Å²) in [5, 5.41) is 0.999. The van der Waals surface area contributed by atoms with Crippen molar-refractivity contribution >= 4 is 32.5 Å². The Morgan fingerprint density at radius 1 is 1.04 bits per heavy atom. The number of aromatic amines is 1. The third kappa shape index (κ3) is 3.61. The normalized spacial score (nSPS) is 15.4. The SMILES string of the molecule is O=C1CCCCN1c1ccc(S(=O)(=O)NCc2c[nH]c3ccccc23)cc1. The fourth-order valence-electron chi connectivity index (χ4n) is 3.42. The van der Waals surface area contributed by atoms with E-state index in [4.69, 9.17) is 0 Å². The lowest BCUT2D eigenvalue weighted by Crippen LogP contribution is -2.35. The number of amides is 1. The maximum Gasteiger partial charge on any atom is 0.240 e. The summed E-state index contributed by atoms with van der Waals surface area (Å²) in [6.07, 6.45) is 4.25. The zero-order chi connectivity index (χ0) is 18.9. The topological polar surface area (TPSA) is 82.3 Å². The molecule has 2 N–H and O–H groups in total. The maximum absolute atomic E-state index is 12.6. The number of nitrogens with one attached hydrogen (secondary N) is 2. The number of para-hydroxylation sites is 1. The summed E-state index contributed by atoms with van der Waals surface area (Å²) in [5.41, 5.74) is 2.61. The van der Waals surface area contributed by atoms with Gasteiger partial charge < -0.3 is 9.88 Å². The first kappa shape index (κ1) is 17.8. The predicted molar refractivity (Wildman–Crippen MR) is 105 cm³/mol. The van der Waals surface area contributed by atoms with Gasteiger partial charge in [0.2, 0.25) is 15.9 Å². The Bertz CT molecular complexity index is 1070. The summed E-state index contributed by atoms with van der Waals surface area (Å²) in [5.74, 6) is 0.0920. The van der Waals surface area contributed by atoms with Gasteiger partial charge >= 0.3 is 0 Å². The Hall–Kier alpha value is -2.64. The quantitative estimate of drug-likeness (QED) is 0.710. The number of aromatic nitrogens is 1. The Balaban J connectivity index is 1.49. The van der Waals surface area contributed by atoms with Gasteiger partial charge in [0, 0.05) is 42.3 Å². The molecule has 0 aliphatic carbocycles. The van der Waals surface area contributed by atoms with Crippen LogP contribution < -0.4 is 9.62 Å². The van der Waals surface area contributed by atoms with Gasteiger partial charge in [0.1, 0.15) is 0 Å². The van der Waals surface area contributed by atoms with Gasteiger partial charge in [-0.1, -0.05) is 18.2 Å². The van der Waals surface area contributed by atoms with Gasteiger partial charge in [0.15, 0.2) is 0 Å². The highest BCUT2D eigenvalue weighted by atomic mass is 32.2. The van der Waals surface area contributed by atoms with Gasteiger partial charge in [0.05, 0.1) is 4.90 Å². The van der Waals surface area contributed by atoms with Crippen molar-refractivity contribution in [2.24, 2.45) is 0 Å². The first-order valence-corrected chi connectivity index (χ1v) is 10.5. The standard InChI is InChI=1S/C20H21N3O3S/c24-20-7-3-4-12-23(20)16-8-10-17(11-9-16)27(25,26)22-14-15-13-21-19-6-2-1-5-18(15)19/h1-2,5-6,8-11,13,21-22H,3-4,7,12,14H2. The Kier molecular flexibility index (Phi) is 4.72. The van der Waals surface area contributed by atoms with E-state index in [2.05, 4.69) is 9.71 Å². The van der Waals surface area contributed by atoms with Gasteiger partial charge in [-0.25, -0.2) is 13.1 Å². The van der Waals surface area contributed by atoms with Crippen LogP contribution in [0.2, 0.25) is 0 Å². The Morgan fingerprint density at radius 2 is 1.81 bits per heavy atom. The van der Waals surface area contributed by atoms with Crippen LogP contribution in [0.3, 0.4) is 0 Å². The fourth-order valence-corrected chi connectivity index (χ4v) is 4.42. The number of benzene rings is 2. The van der Waals surface area contributed by atoms with Gasteiger partial charge in [-0.15, -0.1) is 0 Å². The molecule has 1 aromatic heterocycles. The van der Waals surface area contributed by atoms with Crippen LogP contribution in [0.25, 0.3) is 10.9 Å². The number of rotatable bonds is 5. The minimum atomic E-state index is -3.63. The van der Waals surface area contributed by atoms with Crippen LogP contribution >= 0.6 is 0 Å². The zero-order valence-electron chi connectivity index (χ0n) is 14.8. The molecule has 1 aliphatic heterocycles. The molecule has 0 bridgehead atoms. The van der Waals surface area contributed by atoms with Crippen LogP contribution in [0, 0.1) is 0 Å². The number of H-pyrrole nitrogens is 1. The van der Waals surface area contributed by atoms with Crippen molar-refractivity contribution in [3.05, 3.63) is 60.3 Å². The lowest BCUT2D eigenvalue weighted by atomic mass is 10.1. The van der Waals surface area contributed by atoms with Gasteiger partial charge in [-0.2, -0.15) is 0 Å². The number of sulfonamides is 1. The zero-order valence-corrected chi connectivity index (χ0v) is 15.6. The highest BCUT2D eigenvalue weighted by Gasteiger charge is 2.21. The number of carbonyl (C=O) groups excluding carboxylic acids is 1. The molecule has 2 heterocycles. The number of hydrogen-bond donors (Lipinski definition) is 2. The molecule has 7 heteroatoms. The van der Waals surface area contributed by atoms with Gasteiger partial charge in [-0.05, 0) is 48.7 Å². The number of fused-ring (bicyclic) bond motifs is 1. The summed E-state index contributed by atoms with van der Waals surface area (Å²) >= 11 is 0. The van der Waals surface area contributed by atoms with E-state index in [1.165, 1.54) is 0 Å². The third-order valence-corrected chi connectivity index (χ3v) is 6.33. The van der Waals surface area contributed by atoms with Crippen LogP contribution in [0.1, 0.15) is 24.8 Å². The minimum Gasteiger partial charge on any atom is -0.361 e. The molecule has 0 unspecified atom stereocenters. The molecule has 1 fully saturated rings. The molecule has 1 aliphatic rings. The van der Waals surface area contributed by atoms with E-state index in [0.29, 0.717) is 13.0 Å². The fraction of sp³-hybridized carbons (Fsp3) is 0.250. The molecule has 1 amide bonds. The molecule has 0 saturated carbocycles. The van der Waals surface area contributed by atoms with Crippen LogP contribution in [-0.4, -0.2) is 25.9 Å². The van der Waals surface area contributed by atoms with Crippen LogP contribution in [0.15, 0.2) is 59.6 Å². The number of anilines is 1. The molecule has 1 saturated heterocycles. The molecule has 3 aromatic rings. The molecule has 27 heavy (non-hydrogen) atoms. The first-order chi connectivity index (χ1) is 13.0. The Labute approximate surface area is 158 Å². The van der Waals surface area contributed by atoms with Crippen molar-refractivity contribution in [1.82, 2.24) is 9.71 Å². The van der Waals surface area contributed by atoms with E-state index >= 15 is 0 Å². The van der Waals surface area contributed by atoms with E-state index in [1.807, 2.05) is 30.5 Å². The third-order valence-electron chi connectivity index (χ3n) is 4.91. The van der Waals surface area contributed by atoms with Crippen LogP contribution in [0.5, 0.6) is 0 Å². The molecular formula is C20H21N3O3S. The highest BCUT2D eigenvalue weighted by molar-refractivity contribution is 7.89. The van der Waals surface area contributed by atoms with Crippen molar-refractivity contribution in [3.63, 3.8) is 0 Å². The van der Waals surface area contributed by atoms with Crippen molar-refractivity contribution in [2.75, 3.05) is 11.4 Å². The van der Waals surface area contributed by atoms with Gasteiger partial charge in [-0.3, -0.25) is 4.79 Å². The van der Waals surface area contributed by atoms with E-state index in [1.54, 1.807) is 29.2 Å². The van der Waals surface area contributed by atoms with Crippen molar-refractivity contribution in [2.45, 2.75) is 30.7 Å². The maximum atomic E-state index is 12.6. The summed E-state index contributed by atoms with van der Waals surface area (Å²) in [7, 11) is -3.63. The summed E-state index contributed by atoms with van der Waals surface area (Å²) < 4.78 is 27.9. The number of carbonyl (C=O) groups is 1. The number of nitrogens with zero attached hydrogens (tertiary/aromatic N) is 1. The molecular weight excluding hydrogens is 362 g/mol. The Morgan fingerprint density at radius 3 is 2.59 bits per heavy atom. The summed E-state index contributed by atoms with van der Waals surface area (Å²) in [4.78, 5) is 17.1. The van der Waals surface area contributed by atoms with Gasteiger partial charge in [0.25, 0.3) is 0 Å². The number of piperidine rings is 1. The van der Waals surface area contributed by atoms with E-state index in [9.17, 15) is 13.2 Å².